The summed E-state index contributed by atoms with van der Waals surface area (Å²) in [5.41, 5.74) is 0.0217. The van der Waals surface area contributed by atoms with E-state index >= 15 is 0 Å². The fourth-order valence-electron chi connectivity index (χ4n) is 2.92. The fourth-order valence-corrected chi connectivity index (χ4v) is 4.70. The van der Waals surface area contributed by atoms with Gasteiger partial charge in [0.15, 0.2) is 4.90 Å². The lowest BCUT2D eigenvalue weighted by Crippen LogP contribution is -2.48. The summed E-state index contributed by atoms with van der Waals surface area (Å²) in [6.45, 7) is 0.838. The number of hydrogen-bond donors (Lipinski definition) is 1. The SMILES string of the molecule is O=[N+]([O-])c1ccccc1S(=O)(=O)N1CCNCC1c1cccc(F)c1. The molecule has 2 aromatic carbocycles. The number of nitro groups is 1. The van der Waals surface area contributed by atoms with Crippen LogP contribution < -0.4 is 5.32 Å². The van der Waals surface area contributed by atoms with Gasteiger partial charge in [0.2, 0.25) is 0 Å². The van der Waals surface area contributed by atoms with E-state index in [4.69, 9.17) is 0 Å². The summed E-state index contributed by atoms with van der Waals surface area (Å²) in [6.07, 6.45) is 0. The van der Waals surface area contributed by atoms with Gasteiger partial charge in [0.25, 0.3) is 15.7 Å². The second-order valence-corrected chi connectivity index (χ2v) is 7.47. The van der Waals surface area contributed by atoms with Gasteiger partial charge in [-0.2, -0.15) is 4.31 Å². The highest BCUT2D eigenvalue weighted by Crippen LogP contribution is 2.33. The third-order valence-electron chi connectivity index (χ3n) is 4.08. The second-order valence-electron chi connectivity index (χ2n) is 5.62. The molecule has 1 atom stereocenters. The first-order valence-corrected chi connectivity index (χ1v) is 9.07. The number of nitro benzene ring substituents is 1. The van der Waals surface area contributed by atoms with Crippen molar-refractivity contribution in [3.8, 4) is 0 Å². The quantitative estimate of drug-likeness (QED) is 0.661. The molecule has 1 unspecified atom stereocenters. The van der Waals surface area contributed by atoms with Crippen LogP contribution in [0.25, 0.3) is 0 Å². The zero-order chi connectivity index (χ0) is 18.0. The highest BCUT2D eigenvalue weighted by Gasteiger charge is 2.37. The Morgan fingerprint density at radius 1 is 1.20 bits per heavy atom. The van der Waals surface area contributed by atoms with Crippen LogP contribution in [0.15, 0.2) is 53.4 Å². The van der Waals surface area contributed by atoms with Gasteiger partial charge in [-0.15, -0.1) is 0 Å². The summed E-state index contributed by atoms with van der Waals surface area (Å²) in [5.74, 6) is -0.467. The van der Waals surface area contributed by atoms with Gasteiger partial charge >= 0.3 is 0 Å². The van der Waals surface area contributed by atoms with Crippen molar-refractivity contribution in [2.24, 2.45) is 0 Å². The van der Waals surface area contributed by atoms with Crippen LogP contribution in [0.2, 0.25) is 0 Å². The summed E-state index contributed by atoms with van der Waals surface area (Å²) < 4.78 is 40.9. The molecule has 0 aliphatic carbocycles. The number of nitrogens with zero attached hydrogens (tertiary/aromatic N) is 2. The molecule has 0 aromatic heterocycles. The Morgan fingerprint density at radius 2 is 1.96 bits per heavy atom. The second kappa shape index (κ2) is 6.87. The number of rotatable bonds is 4. The van der Waals surface area contributed by atoms with Crippen molar-refractivity contribution in [2.45, 2.75) is 10.9 Å². The van der Waals surface area contributed by atoms with E-state index in [1.165, 1.54) is 40.7 Å². The maximum Gasteiger partial charge on any atom is 0.289 e. The molecule has 0 bridgehead atoms. The van der Waals surface area contributed by atoms with Gasteiger partial charge in [0.05, 0.1) is 11.0 Å². The van der Waals surface area contributed by atoms with E-state index in [9.17, 15) is 22.9 Å². The van der Waals surface area contributed by atoms with E-state index < -0.39 is 32.5 Å². The summed E-state index contributed by atoms with van der Waals surface area (Å²) >= 11 is 0. The number of sulfonamides is 1. The Hall–Kier alpha value is -2.36. The molecule has 25 heavy (non-hydrogen) atoms. The maximum absolute atomic E-state index is 13.6. The molecule has 2 aromatic rings. The smallest absolute Gasteiger partial charge is 0.289 e. The predicted molar refractivity (Wildman–Crippen MR) is 89.0 cm³/mol. The van der Waals surface area contributed by atoms with E-state index in [0.717, 1.165) is 6.07 Å². The lowest BCUT2D eigenvalue weighted by molar-refractivity contribution is -0.387. The molecule has 1 N–H and O–H groups in total. The average Bonchev–Trinajstić information content (AvgIpc) is 2.61. The molecule has 1 aliphatic rings. The molecule has 0 amide bonds. The lowest BCUT2D eigenvalue weighted by Gasteiger charge is -2.35. The highest BCUT2D eigenvalue weighted by atomic mass is 32.2. The molecule has 1 saturated heterocycles. The molecule has 1 heterocycles. The van der Waals surface area contributed by atoms with Crippen LogP contribution in [0, 0.1) is 15.9 Å². The molecule has 7 nitrogen and oxygen atoms in total. The Kier molecular flexibility index (Phi) is 4.80. The minimum Gasteiger partial charge on any atom is -0.313 e. The van der Waals surface area contributed by atoms with E-state index in [-0.39, 0.29) is 11.4 Å². The Balaban J connectivity index is 2.07. The number of benzene rings is 2. The van der Waals surface area contributed by atoms with Gasteiger partial charge < -0.3 is 5.32 Å². The largest absolute Gasteiger partial charge is 0.313 e. The minimum absolute atomic E-state index is 0.134. The monoisotopic (exact) mass is 365 g/mol. The minimum atomic E-state index is -4.12. The molecule has 3 rings (SSSR count). The van der Waals surface area contributed by atoms with Crippen LogP contribution >= 0.6 is 0 Å². The van der Waals surface area contributed by atoms with Crippen molar-refractivity contribution in [2.75, 3.05) is 19.6 Å². The molecule has 0 radical (unpaired) electrons. The van der Waals surface area contributed by atoms with E-state index in [1.54, 1.807) is 6.07 Å². The lowest BCUT2D eigenvalue weighted by atomic mass is 10.1. The summed E-state index contributed by atoms with van der Waals surface area (Å²) in [6, 6.07) is 10.3. The third-order valence-corrected chi connectivity index (χ3v) is 6.03. The van der Waals surface area contributed by atoms with Crippen LogP contribution in [0.5, 0.6) is 0 Å². The van der Waals surface area contributed by atoms with Gasteiger partial charge in [0, 0.05) is 25.7 Å². The van der Waals surface area contributed by atoms with Gasteiger partial charge in [-0.1, -0.05) is 24.3 Å². The van der Waals surface area contributed by atoms with E-state index in [1.807, 2.05) is 0 Å². The van der Waals surface area contributed by atoms with Gasteiger partial charge in [-0.3, -0.25) is 10.1 Å². The zero-order valence-electron chi connectivity index (χ0n) is 13.1. The van der Waals surface area contributed by atoms with Crippen LogP contribution in [0.4, 0.5) is 10.1 Å². The molecule has 0 spiro atoms. The van der Waals surface area contributed by atoms with E-state index in [0.29, 0.717) is 18.7 Å². The van der Waals surface area contributed by atoms with Crippen molar-refractivity contribution in [3.63, 3.8) is 0 Å². The normalized spacial score (nSPS) is 18.8. The Bertz CT molecular complexity index is 904. The van der Waals surface area contributed by atoms with Crippen LogP contribution in [-0.4, -0.2) is 37.3 Å². The van der Waals surface area contributed by atoms with Gasteiger partial charge in [0.1, 0.15) is 5.82 Å². The van der Waals surface area contributed by atoms with Crippen molar-refractivity contribution < 1.29 is 17.7 Å². The zero-order valence-corrected chi connectivity index (χ0v) is 13.9. The van der Waals surface area contributed by atoms with E-state index in [2.05, 4.69) is 5.32 Å². The number of piperazine rings is 1. The molecule has 132 valence electrons. The number of halogens is 1. The number of nitrogens with one attached hydrogen (secondary N) is 1. The molecular weight excluding hydrogens is 349 g/mol. The van der Waals surface area contributed by atoms with Crippen LogP contribution in [-0.2, 0) is 10.0 Å². The van der Waals surface area contributed by atoms with Crippen LogP contribution in [0.3, 0.4) is 0 Å². The Labute approximate surface area is 144 Å². The summed E-state index contributed by atoms with van der Waals surface area (Å²) in [7, 11) is -4.12. The van der Waals surface area contributed by atoms with Crippen molar-refractivity contribution in [3.05, 3.63) is 70.0 Å². The van der Waals surface area contributed by atoms with Gasteiger partial charge in [-0.25, -0.2) is 12.8 Å². The van der Waals surface area contributed by atoms with Crippen molar-refractivity contribution in [1.29, 1.82) is 0 Å². The van der Waals surface area contributed by atoms with Crippen LogP contribution in [0.1, 0.15) is 11.6 Å². The van der Waals surface area contributed by atoms with Crippen molar-refractivity contribution >= 4 is 15.7 Å². The number of para-hydroxylation sites is 1. The number of hydrogen-bond acceptors (Lipinski definition) is 5. The molecule has 9 heteroatoms. The third kappa shape index (κ3) is 3.39. The average molecular weight is 365 g/mol. The first kappa shape index (κ1) is 17.5. The standard InChI is InChI=1S/C16H16FN3O4S/c17-13-5-3-4-12(10-13)15-11-18-8-9-19(15)25(23,24)16-7-2-1-6-14(16)20(21)22/h1-7,10,15,18H,8-9,11H2. The van der Waals surface area contributed by atoms with Crippen molar-refractivity contribution in [1.82, 2.24) is 9.62 Å². The summed E-state index contributed by atoms with van der Waals surface area (Å²) in [5, 5.41) is 14.3. The molecular formula is C16H16FN3O4S. The first-order chi connectivity index (χ1) is 11.9. The highest BCUT2D eigenvalue weighted by molar-refractivity contribution is 7.89. The fraction of sp³-hybridized carbons (Fsp3) is 0.250. The summed E-state index contributed by atoms with van der Waals surface area (Å²) in [4.78, 5) is 10.1. The first-order valence-electron chi connectivity index (χ1n) is 7.62. The molecule has 0 saturated carbocycles. The van der Waals surface area contributed by atoms with Gasteiger partial charge in [-0.05, 0) is 23.8 Å². The topological polar surface area (TPSA) is 92.5 Å². The predicted octanol–water partition coefficient (Wildman–Crippen LogP) is 2.07. The maximum atomic E-state index is 13.6. The molecule has 1 fully saturated rings. The Morgan fingerprint density at radius 3 is 2.68 bits per heavy atom. The molecule has 1 aliphatic heterocycles.